The van der Waals surface area contributed by atoms with E-state index in [2.05, 4.69) is 43.1 Å². The van der Waals surface area contributed by atoms with Crippen LogP contribution in [0.4, 0.5) is 5.69 Å². The zero-order chi connectivity index (χ0) is 9.68. The first kappa shape index (κ1) is 9.67. The fraction of sp³-hybridized carbons (Fsp3) is 0.333. The molecule has 1 N–H and O–H groups in total. The maximum absolute atomic E-state index is 3.15. The second-order valence-electron chi connectivity index (χ2n) is 2.88. The second kappa shape index (κ2) is 4.57. The lowest BCUT2D eigenvalue weighted by Gasteiger charge is -2.05. The van der Waals surface area contributed by atoms with Gasteiger partial charge in [0.1, 0.15) is 0 Å². The van der Waals surface area contributed by atoms with Crippen molar-refractivity contribution in [2.45, 2.75) is 20.3 Å². The molecule has 1 heteroatoms. The smallest absolute Gasteiger partial charge is 0.0379 e. The molecule has 0 aliphatic heterocycles. The van der Waals surface area contributed by atoms with Crippen molar-refractivity contribution in [3.8, 4) is 11.8 Å². The van der Waals surface area contributed by atoms with Gasteiger partial charge in [-0.05, 0) is 24.6 Å². The highest BCUT2D eigenvalue weighted by molar-refractivity contribution is 5.58. The van der Waals surface area contributed by atoms with Gasteiger partial charge >= 0.3 is 0 Å². The lowest BCUT2D eigenvalue weighted by Crippen LogP contribution is -1.93. The molecule has 0 aliphatic carbocycles. The van der Waals surface area contributed by atoms with E-state index in [9.17, 15) is 0 Å². The highest BCUT2D eigenvalue weighted by Crippen LogP contribution is 2.17. The molecular weight excluding hydrogens is 158 g/mol. The minimum absolute atomic E-state index is 0.906. The second-order valence-corrected chi connectivity index (χ2v) is 2.88. The van der Waals surface area contributed by atoms with E-state index in [0.29, 0.717) is 0 Å². The number of hydrogen-bond acceptors (Lipinski definition) is 1. The topological polar surface area (TPSA) is 12.0 Å². The molecule has 0 aromatic heterocycles. The van der Waals surface area contributed by atoms with Crippen molar-refractivity contribution < 1.29 is 0 Å². The summed E-state index contributed by atoms with van der Waals surface area (Å²) in [6.07, 6.45) is 0.906. The minimum Gasteiger partial charge on any atom is -0.388 e. The summed E-state index contributed by atoms with van der Waals surface area (Å²) in [7, 11) is 1.93. The molecule has 0 bridgehead atoms. The van der Waals surface area contributed by atoms with Gasteiger partial charge in [0.2, 0.25) is 0 Å². The Morgan fingerprint density at radius 2 is 2.15 bits per heavy atom. The Hall–Kier alpha value is -1.42. The van der Waals surface area contributed by atoms with Crippen molar-refractivity contribution in [2.24, 2.45) is 0 Å². The average Bonchev–Trinajstić information content (AvgIpc) is 2.16. The molecule has 0 fully saturated rings. The van der Waals surface area contributed by atoms with Crippen LogP contribution in [0.5, 0.6) is 0 Å². The van der Waals surface area contributed by atoms with E-state index in [1.807, 2.05) is 13.1 Å². The summed E-state index contributed by atoms with van der Waals surface area (Å²) in [6, 6.07) is 6.14. The number of benzene rings is 1. The molecule has 0 saturated carbocycles. The first-order valence-corrected chi connectivity index (χ1v) is 4.55. The van der Waals surface area contributed by atoms with Crippen LogP contribution in [0.25, 0.3) is 0 Å². The first-order chi connectivity index (χ1) is 6.29. The Balaban J connectivity index is 3.08. The van der Waals surface area contributed by atoms with Crippen molar-refractivity contribution in [1.82, 2.24) is 0 Å². The minimum atomic E-state index is 0.906. The fourth-order valence-corrected chi connectivity index (χ4v) is 1.23. The molecular formula is C12H15N. The van der Waals surface area contributed by atoms with E-state index in [1.165, 1.54) is 5.56 Å². The quantitative estimate of drug-likeness (QED) is 0.644. The van der Waals surface area contributed by atoms with Crippen LogP contribution in [0.1, 0.15) is 24.5 Å². The van der Waals surface area contributed by atoms with Crippen LogP contribution in [-0.4, -0.2) is 7.05 Å². The van der Waals surface area contributed by atoms with Gasteiger partial charge in [-0.15, -0.1) is 0 Å². The van der Waals surface area contributed by atoms with Gasteiger partial charge in [-0.25, -0.2) is 0 Å². The molecule has 1 aromatic rings. The van der Waals surface area contributed by atoms with Crippen LogP contribution in [0, 0.1) is 18.8 Å². The monoisotopic (exact) mass is 173 g/mol. The highest BCUT2D eigenvalue weighted by atomic mass is 14.8. The normalized spacial score (nSPS) is 8.85. The summed E-state index contributed by atoms with van der Waals surface area (Å²) in [5.74, 6) is 6.23. The molecule has 0 saturated heterocycles. The van der Waals surface area contributed by atoms with Crippen molar-refractivity contribution in [2.75, 3.05) is 12.4 Å². The van der Waals surface area contributed by atoms with Crippen LogP contribution in [0.2, 0.25) is 0 Å². The van der Waals surface area contributed by atoms with Gasteiger partial charge in [-0.2, -0.15) is 0 Å². The summed E-state index contributed by atoms with van der Waals surface area (Å²) >= 11 is 0. The average molecular weight is 173 g/mol. The van der Waals surface area contributed by atoms with Gasteiger partial charge < -0.3 is 5.32 Å². The van der Waals surface area contributed by atoms with E-state index in [1.54, 1.807) is 0 Å². The molecule has 0 amide bonds. The maximum atomic E-state index is 3.15. The van der Waals surface area contributed by atoms with Gasteiger partial charge in [0.25, 0.3) is 0 Å². The van der Waals surface area contributed by atoms with Gasteiger partial charge in [0.15, 0.2) is 0 Å². The lowest BCUT2D eigenvalue weighted by atomic mass is 10.1. The third kappa shape index (κ3) is 2.26. The van der Waals surface area contributed by atoms with E-state index in [-0.39, 0.29) is 0 Å². The summed E-state index contributed by atoms with van der Waals surface area (Å²) in [6.45, 7) is 4.15. The molecule has 1 aromatic carbocycles. The van der Waals surface area contributed by atoms with Crippen molar-refractivity contribution in [1.29, 1.82) is 0 Å². The standard InChI is InChI=1S/C12H15N/c1-4-5-7-11-8-6-9-12(13-3)10(11)2/h6,8-9,13H,4H2,1-3H3. The molecule has 0 atom stereocenters. The van der Waals surface area contributed by atoms with Crippen LogP contribution >= 0.6 is 0 Å². The zero-order valence-corrected chi connectivity index (χ0v) is 8.44. The molecule has 1 rings (SSSR count). The Morgan fingerprint density at radius 1 is 1.38 bits per heavy atom. The van der Waals surface area contributed by atoms with Gasteiger partial charge in [-0.1, -0.05) is 24.8 Å². The molecule has 0 unspecified atom stereocenters. The Labute approximate surface area is 80.2 Å². The van der Waals surface area contributed by atoms with E-state index < -0.39 is 0 Å². The molecule has 13 heavy (non-hydrogen) atoms. The Morgan fingerprint density at radius 3 is 2.77 bits per heavy atom. The summed E-state index contributed by atoms with van der Waals surface area (Å²) in [5.41, 5.74) is 3.50. The molecule has 0 radical (unpaired) electrons. The third-order valence-electron chi connectivity index (χ3n) is 2.00. The van der Waals surface area contributed by atoms with Gasteiger partial charge in [0.05, 0.1) is 0 Å². The summed E-state index contributed by atoms with van der Waals surface area (Å²) in [4.78, 5) is 0. The zero-order valence-electron chi connectivity index (χ0n) is 8.44. The number of rotatable bonds is 1. The number of nitrogens with one attached hydrogen (secondary N) is 1. The fourth-order valence-electron chi connectivity index (χ4n) is 1.23. The van der Waals surface area contributed by atoms with Gasteiger partial charge in [-0.3, -0.25) is 0 Å². The molecule has 0 spiro atoms. The van der Waals surface area contributed by atoms with E-state index in [4.69, 9.17) is 0 Å². The van der Waals surface area contributed by atoms with Crippen molar-refractivity contribution in [3.63, 3.8) is 0 Å². The molecule has 68 valence electrons. The lowest BCUT2D eigenvalue weighted by molar-refractivity contribution is 1.27. The van der Waals surface area contributed by atoms with Gasteiger partial charge in [0, 0.05) is 24.7 Å². The predicted octanol–water partition coefficient (Wildman–Crippen LogP) is 2.80. The van der Waals surface area contributed by atoms with Crippen LogP contribution in [0.15, 0.2) is 18.2 Å². The molecule has 1 nitrogen and oxygen atoms in total. The van der Waals surface area contributed by atoms with Crippen LogP contribution in [-0.2, 0) is 0 Å². The van der Waals surface area contributed by atoms with E-state index in [0.717, 1.165) is 17.7 Å². The SMILES string of the molecule is CCC#Cc1cccc(NC)c1C. The van der Waals surface area contributed by atoms with Crippen molar-refractivity contribution >= 4 is 5.69 Å². The van der Waals surface area contributed by atoms with E-state index >= 15 is 0 Å². The molecule has 0 aliphatic rings. The largest absolute Gasteiger partial charge is 0.388 e. The number of anilines is 1. The number of hydrogen-bond donors (Lipinski definition) is 1. The summed E-state index contributed by atoms with van der Waals surface area (Å²) in [5, 5.41) is 3.14. The van der Waals surface area contributed by atoms with Crippen molar-refractivity contribution in [3.05, 3.63) is 29.3 Å². The first-order valence-electron chi connectivity index (χ1n) is 4.55. The van der Waals surface area contributed by atoms with Crippen LogP contribution in [0.3, 0.4) is 0 Å². The summed E-state index contributed by atoms with van der Waals surface area (Å²) < 4.78 is 0. The van der Waals surface area contributed by atoms with Crippen LogP contribution < -0.4 is 5.32 Å². The Bertz CT molecular complexity index is 342. The Kier molecular flexibility index (Phi) is 3.40. The predicted molar refractivity (Wildman–Crippen MR) is 57.9 cm³/mol. The maximum Gasteiger partial charge on any atom is 0.0379 e. The molecule has 0 heterocycles. The third-order valence-corrected chi connectivity index (χ3v) is 2.00. The highest BCUT2D eigenvalue weighted by Gasteiger charge is 1.98.